The molecule has 0 fully saturated rings. The van der Waals surface area contributed by atoms with Crippen LogP contribution in [0.15, 0.2) is 6.07 Å². The van der Waals surface area contributed by atoms with Gasteiger partial charge in [-0.1, -0.05) is 11.6 Å². The topological polar surface area (TPSA) is 37.3 Å². The second-order valence-corrected chi connectivity index (χ2v) is 3.98. The van der Waals surface area contributed by atoms with E-state index in [-0.39, 0.29) is 5.02 Å². The summed E-state index contributed by atoms with van der Waals surface area (Å²) < 4.78 is 13.6. The Bertz CT molecular complexity index is 416. The maximum absolute atomic E-state index is 13.6. The van der Waals surface area contributed by atoms with Crippen LogP contribution in [0.3, 0.4) is 0 Å². The number of benzene rings is 1. The lowest BCUT2D eigenvalue weighted by atomic mass is 9.94. The number of hydrogen-bond donors (Lipinski definition) is 1. The predicted octanol–water partition coefficient (Wildman–Crippen LogP) is 3.28. The third-order valence-electron chi connectivity index (χ3n) is 2.57. The van der Waals surface area contributed by atoms with E-state index in [1.165, 1.54) is 13.0 Å². The normalized spacial score (nSPS) is 12.6. The van der Waals surface area contributed by atoms with Gasteiger partial charge in [-0.3, -0.25) is 4.79 Å². The Morgan fingerprint density at radius 1 is 1.47 bits per heavy atom. The van der Waals surface area contributed by atoms with Gasteiger partial charge in [-0.25, -0.2) is 4.39 Å². The average molecular weight is 231 g/mol. The minimum Gasteiger partial charge on any atom is -0.481 e. The third-order valence-corrected chi connectivity index (χ3v) is 2.96. The first kappa shape index (κ1) is 12.0. The lowest BCUT2D eigenvalue weighted by Crippen LogP contribution is -2.10. The minimum atomic E-state index is -0.989. The number of aliphatic carboxylic acids is 1. The van der Waals surface area contributed by atoms with E-state index < -0.39 is 17.7 Å². The molecule has 0 aliphatic carbocycles. The second-order valence-electron chi connectivity index (χ2n) is 3.57. The largest absolute Gasteiger partial charge is 0.481 e. The van der Waals surface area contributed by atoms with Gasteiger partial charge in [0, 0.05) is 10.6 Å². The molecule has 0 aromatic heterocycles. The van der Waals surface area contributed by atoms with Crippen LogP contribution in [0.2, 0.25) is 5.02 Å². The summed E-state index contributed by atoms with van der Waals surface area (Å²) in [5, 5.41) is 9.11. The van der Waals surface area contributed by atoms with Crippen LogP contribution in [0.25, 0.3) is 0 Å². The third kappa shape index (κ3) is 2.12. The molecule has 15 heavy (non-hydrogen) atoms. The van der Waals surface area contributed by atoms with Gasteiger partial charge >= 0.3 is 5.97 Å². The van der Waals surface area contributed by atoms with Crippen molar-refractivity contribution in [3.63, 3.8) is 0 Å². The maximum Gasteiger partial charge on any atom is 0.310 e. The lowest BCUT2D eigenvalue weighted by molar-refractivity contribution is -0.138. The van der Waals surface area contributed by atoms with Crippen LogP contribution >= 0.6 is 11.6 Å². The standard InChI is InChI=1S/C11H12ClFO2/c1-5-8(6(2)11(14)15)4-9(12)7(3)10(5)13/h4,6H,1-3H3,(H,14,15). The molecular formula is C11H12ClFO2. The van der Waals surface area contributed by atoms with E-state index in [0.29, 0.717) is 16.7 Å². The molecule has 4 heteroatoms. The fourth-order valence-corrected chi connectivity index (χ4v) is 1.65. The van der Waals surface area contributed by atoms with Crippen molar-refractivity contribution < 1.29 is 14.3 Å². The minimum absolute atomic E-state index is 0.265. The Kier molecular flexibility index (Phi) is 3.35. The average Bonchev–Trinajstić information content (AvgIpc) is 2.19. The van der Waals surface area contributed by atoms with E-state index in [0.717, 1.165) is 0 Å². The summed E-state index contributed by atoms with van der Waals surface area (Å²) in [4.78, 5) is 10.8. The Morgan fingerprint density at radius 3 is 2.47 bits per heavy atom. The molecular weight excluding hydrogens is 219 g/mol. The van der Waals surface area contributed by atoms with Crippen molar-refractivity contribution in [1.29, 1.82) is 0 Å². The zero-order chi connectivity index (χ0) is 11.7. The van der Waals surface area contributed by atoms with Crippen LogP contribution < -0.4 is 0 Å². The Morgan fingerprint density at radius 2 is 2.00 bits per heavy atom. The van der Waals surface area contributed by atoms with Gasteiger partial charge in [0.1, 0.15) is 5.82 Å². The quantitative estimate of drug-likeness (QED) is 0.847. The van der Waals surface area contributed by atoms with E-state index in [9.17, 15) is 9.18 Å². The van der Waals surface area contributed by atoms with Gasteiger partial charge < -0.3 is 5.11 Å². The highest BCUT2D eigenvalue weighted by Crippen LogP contribution is 2.29. The van der Waals surface area contributed by atoms with E-state index >= 15 is 0 Å². The molecule has 1 aromatic rings. The van der Waals surface area contributed by atoms with E-state index in [2.05, 4.69) is 0 Å². The zero-order valence-electron chi connectivity index (χ0n) is 8.77. The summed E-state index contributed by atoms with van der Waals surface area (Å²) in [6, 6.07) is 1.52. The van der Waals surface area contributed by atoms with Crippen molar-refractivity contribution in [1.82, 2.24) is 0 Å². The SMILES string of the molecule is Cc1c(Cl)cc(C(C)C(=O)O)c(C)c1F. The molecule has 0 spiro atoms. The summed E-state index contributed by atoms with van der Waals surface area (Å²) in [7, 11) is 0. The van der Waals surface area contributed by atoms with Gasteiger partial charge in [0.2, 0.25) is 0 Å². The van der Waals surface area contributed by atoms with Gasteiger partial charge in [0.15, 0.2) is 0 Å². The molecule has 0 saturated carbocycles. The van der Waals surface area contributed by atoms with Gasteiger partial charge in [-0.2, -0.15) is 0 Å². The van der Waals surface area contributed by atoms with E-state index in [4.69, 9.17) is 16.7 Å². The van der Waals surface area contributed by atoms with Gasteiger partial charge in [0.25, 0.3) is 0 Å². The van der Waals surface area contributed by atoms with Crippen LogP contribution in [0, 0.1) is 19.7 Å². The molecule has 0 amide bonds. The van der Waals surface area contributed by atoms with Gasteiger partial charge in [-0.05, 0) is 38.0 Å². The van der Waals surface area contributed by atoms with Crippen molar-refractivity contribution >= 4 is 17.6 Å². The predicted molar refractivity (Wildman–Crippen MR) is 56.9 cm³/mol. The highest BCUT2D eigenvalue weighted by atomic mass is 35.5. The smallest absolute Gasteiger partial charge is 0.310 e. The van der Waals surface area contributed by atoms with Crippen molar-refractivity contribution in [2.24, 2.45) is 0 Å². The monoisotopic (exact) mass is 230 g/mol. The molecule has 0 aliphatic rings. The molecule has 0 heterocycles. The first-order valence-corrected chi connectivity index (χ1v) is 4.92. The summed E-state index contributed by atoms with van der Waals surface area (Å²) in [6.45, 7) is 4.64. The number of hydrogen-bond acceptors (Lipinski definition) is 1. The molecule has 0 aliphatic heterocycles. The Hall–Kier alpha value is -1.09. The Balaban J connectivity index is 3.38. The van der Waals surface area contributed by atoms with Crippen molar-refractivity contribution in [2.45, 2.75) is 26.7 Å². The van der Waals surface area contributed by atoms with Crippen molar-refractivity contribution in [3.05, 3.63) is 33.6 Å². The zero-order valence-corrected chi connectivity index (χ0v) is 9.52. The fourth-order valence-electron chi connectivity index (χ4n) is 1.45. The molecule has 1 rings (SSSR count). The number of carboxylic acids is 1. The highest BCUT2D eigenvalue weighted by Gasteiger charge is 2.20. The molecule has 1 atom stereocenters. The molecule has 1 aromatic carbocycles. The first-order valence-electron chi connectivity index (χ1n) is 4.54. The summed E-state index contributed by atoms with van der Waals surface area (Å²) in [5.41, 5.74) is 1.14. The summed E-state index contributed by atoms with van der Waals surface area (Å²) in [5.74, 6) is -2.17. The second kappa shape index (κ2) is 4.19. The molecule has 0 radical (unpaired) electrons. The van der Waals surface area contributed by atoms with E-state index in [1.807, 2.05) is 0 Å². The molecule has 82 valence electrons. The number of halogens is 2. The molecule has 0 saturated heterocycles. The van der Waals surface area contributed by atoms with Crippen LogP contribution in [0.4, 0.5) is 4.39 Å². The van der Waals surface area contributed by atoms with Crippen molar-refractivity contribution in [3.8, 4) is 0 Å². The Labute approximate surface area is 92.7 Å². The number of rotatable bonds is 2. The van der Waals surface area contributed by atoms with Gasteiger partial charge in [-0.15, -0.1) is 0 Å². The first-order chi connectivity index (χ1) is 6.86. The van der Waals surface area contributed by atoms with Crippen LogP contribution in [0.1, 0.15) is 29.5 Å². The summed E-state index contributed by atoms with van der Waals surface area (Å²) >= 11 is 5.81. The van der Waals surface area contributed by atoms with Crippen LogP contribution in [-0.4, -0.2) is 11.1 Å². The summed E-state index contributed by atoms with van der Waals surface area (Å²) in [6.07, 6.45) is 0. The number of carboxylic acid groups (broad SMARTS) is 1. The maximum atomic E-state index is 13.6. The molecule has 1 N–H and O–H groups in total. The van der Waals surface area contributed by atoms with Gasteiger partial charge in [0.05, 0.1) is 5.92 Å². The molecule has 0 bridgehead atoms. The van der Waals surface area contributed by atoms with E-state index in [1.54, 1.807) is 13.8 Å². The number of carbonyl (C=O) groups is 1. The lowest BCUT2D eigenvalue weighted by Gasteiger charge is -2.13. The van der Waals surface area contributed by atoms with Crippen LogP contribution in [0.5, 0.6) is 0 Å². The van der Waals surface area contributed by atoms with Crippen LogP contribution in [-0.2, 0) is 4.79 Å². The van der Waals surface area contributed by atoms with Crippen molar-refractivity contribution in [2.75, 3.05) is 0 Å². The highest BCUT2D eigenvalue weighted by molar-refractivity contribution is 6.31. The molecule has 2 nitrogen and oxygen atoms in total. The fraction of sp³-hybridized carbons (Fsp3) is 0.364. The molecule has 1 unspecified atom stereocenters.